The Morgan fingerprint density at radius 3 is 2.53 bits per heavy atom. The molecule has 0 saturated carbocycles. The van der Waals surface area contributed by atoms with Crippen LogP contribution in [-0.2, 0) is 16.6 Å². The van der Waals surface area contributed by atoms with Crippen molar-refractivity contribution in [3.8, 4) is 0 Å². The molecular formula is C14H17N3O2. The van der Waals surface area contributed by atoms with Gasteiger partial charge in [-0.3, -0.25) is 4.79 Å². The Kier molecular flexibility index (Phi) is 3.94. The molecule has 1 aromatic carbocycles. The molecule has 5 nitrogen and oxygen atoms in total. The van der Waals surface area contributed by atoms with Crippen molar-refractivity contribution in [1.29, 1.82) is 0 Å². The van der Waals surface area contributed by atoms with Gasteiger partial charge in [-0.1, -0.05) is 30.3 Å². The van der Waals surface area contributed by atoms with Crippen LogP contribution in [0.2, 0.25) is 0 Å². The topological polar surface area (TPSA) is 57.0 Å². The van der Waals surface area contributed by atoms with E-state index in [0.29, 0.717) is 12.4 Å². The first-order chi connectivity index (χ1) is 9.15. The first kappa shape index (κ1) is 13.3. The molecule has 0 aliphatic rings. The zero-order valence-corrected chi connectivity index (χ0v) is 11.3. The number of hydrogen-bond acceptors (Lipinski definition) is 4. The molecule has 1 heterocycles. The van der Waals surface area contributed by atoms with Gasteiger partial charge in [-0.25, -0.2) is 0 Å². The number of rotatable bonds is 4. The second-order valence-electron chi connectivity index (χ2n) is 4.26. The van der Waals surface area contributed by atoms with Gasteiger partial charge >= 0.3 is 5.97 Å². The van der Waals surface area contributed by atoms with E-state index in [0.717, 1.165) is 11.4 Å². The van der Waals surface area contributed by atoms with E-state index in [-0.39, 0.29) is 5.97 Å². The number of carbonyl (C=O) groups is 1. The third-order valence-corrected chi connectivity index (χ3v) is 3.04. The van der Waals surface area contributed by atoms with Gasteiger partial charge in [0.05, 0.1) is 6.61 Å². The lowest BCUT2D eigenvalue weighted by Crippen LogP contribution is -2.20. The number of aryl methyl sites for hydroxylation is 1. The standard InChI is InChI=1S/C14H17N3O2/c1-4-19-14(18)12(11-8-6-5-7-9-11)13-16-15-10(2)17(13)3/h5-9,12H,4H2,1-3H3. The summed E-state index contributed by atoms with van der Waals surface area (Å²) in [4.78, 5) is 12.2. The SMILES string of the molecule is CCOC(=O)C(c1ccccc1)c1nnc(C)n1C. The molecule has 0 saturated heterocycles. The van der Waals surface area contributed by atoms with Gasteiger partial charge in [0.25, 0.3) is 0 Å². The lowest BCUT2D eigenvalue weighted by molar-refractivity contribution is -0.144. The van der Waals surface area contributed by atoms with Crippen LogP contribution in [0.5, 0.6) is 0 Å². The highest BCUT2D eigenvalue weighted by molar-refractivity contribution is 5.81. The Morgan fingerprint density at radius 1 is 1.32 bits per heavy atom. The quantitative estimate of drug-likeness (QED) is 0.786. The van der Waals surface area contributed by atoms with Gasteiger partial charge < -0.3 is 9.30 Å². The molecule has 19 heavy (non-hydrogen) atoms. The number of benzene rings is 1. The smallest absolute Gasteiger partial charge is 0.321 e. The highest BCUT2D eigenvalue weighted by atomic mass is 16.5. The fourth-order valence-electron chi connectivity index (χ4n) is 1.94. The Bertz CT molecular complexity index is 563. The van der Waals surface area contributed by atoms with Gasteiger partial charge in [-0.15, -0.1) is 10.2 Å². The number of nitrogens with zero attached hydrogens (tertiary/aromatic N) is 3. The minimum Gasteiger partial charge on any atom is -0.465 e. The van der Waals surface area contributed by atoms with Gasteiger partial charge in [0.15, 0.2) is 5.82 Å². The summed E-state index contributed by atoms with van der Waals surface area (Å²) >= 11 is 0. The van der Waals surface area contributed by atoms with Crippen LogP contribution < -0.4 is 0 Å². The van der Waals surface area contributed by atoms with Crippen molar-refractivity contribution in [2.45, 2.75) is 19.8 Å². The van der Waals surface area contributed by atoms with Crippen LogP contribution in [0.3, 0.4) is 0 Å². The zero-order chi connectivity index (χ0) is 13.8. The van der Waals surface area contributed by atoms with Gasteiger partial charge in [0.1, 0.15) is 11.7 Å². The van der Waals surface area contributed by atoms with Gasteiger partial charge in [-0.05, 0) is 19.4 Å². The molecule has 100 valence electrons. The summed E-state index contributed by atoms with van der Waals surface area (Å²) in [6.07, 6.45) is 0. The predicted molar refractivity (Wildman–Crippen MR) is 70.7 cm³/mol. The summed E-state index contributed by atoms with van der Waals surface area (Å²) in [5.41, 5.74) is 0.858. The Labute approximate surface area is 112 Å². The van der Waals surface area contributed by atoms with Crippen LogP contribution in [-0.4, -0.2) is 27.3 Å². The number of ether oxygens (including phenoxy) is 1. The molecular weight excluding hydrogens is 242 g/mol. The lowest BCUT2D eigenvalue weighted by atomic mass is 9.98. The maximum Gasteiger partial charge on any atom is 0.321 e. The highest BCUT2D eigenvalue weighted by Crippen LogP contribution is 2.24. The van der Waals surface area contributed by atoms with Crippen LogP contribution in [0.4, 0.5) is 0 Å². The molecule has 1 aromatic heterocycles. The Hall–Kier alpha value is -2.17. The predicted octanol–water partition coefficient (Wildman–Crippen LogP) is 1.82. The van der Waals surface area contributed by atoms with Crippen molar-refractivity contribution in [2.24, 2.45) is 7.05 Å². The van der Waals surface area contributed by atoms with Crippen molar-refractivity contribution in [3.05, 3.63) is 47.5 Å². The number of esters is 1. The van der Waals surface area contributed by atoms with Crippen LogP contribution in [0.15, 0.2) is 30.3 Å². The second kappa shape index (κ2) is 5.65. The Balaban J connectivity index is 2.46. The molecule has 0 aliphatic heterocycles. The second-order valence-corrected chi connectivity index (χ2v) is 4.26. The molecule has 0 N–H and O–H groups in total. The minimum absolute atomic E-state index is 0.302. The molecule has 0 spiro atoms. The van der Waals surface area contributed by atoms with E-state index in [2.05, 4.69) is 10.2 Å². The van der Waals surface area contributed by atoms with Crippen LogP contribution in [0.1, 0.15) is 30.1 Å². The van der Waals surface area contributed by atoms with Crippen LogP contribution in [0.25, 0.3) is 0 Å². The van der Waals surface area contributed by atoms with Gasteiger partial charge in [-0.2, -0.15) is 0 Å². The summed E-state index contributed by atoms with van der Waals surface area (Å²) < 4.78 is 6.97. The lowest BCUT2D eigenvalue weighted by Gasteiger charge is -2.15. The number of aromatic nitrogens is 3. The van der Waals surface area contributed by atoms with E-state index in [9.17, 15) is 4.79 Å². The fourth-order valence-corrected chi connectivity index (χ4v) is 1.94. The van der Waals surface area contributed by atoms with E-state index >= 15 is 0 Å². The van der Waals surface area contributed by atoms with Crippen LogP contribution in [0, 0.1) is 6.92 Å². The largest absolute Gasteiger partial charge is 0.465 e. The summed E-state index contributed by atoms with van der Waals surface area (Å²) in [7, 11) is 1.85. The van der Waals surface area contributed by atoms with Crippen molar-refractivity contribution in [2.75, 3.05) is 6.61 Å². The number of hydrogen-bond donors (Lipinski definition) is 0. The summed E-state index contributed by atoms with van der Waals surface area (Å²) in [6, 6.07) is 9.49. The maximum atomic E-state index is 12.2. The fraction of sp³-hybridized carbons (Fsp3) is 0.357. The molecule has 0 bridgehead atoms. The molecule has 5 heteroatoms. The Morgan fingerprint density at radius 2 is 2.00 bits per heavy atom. The molecule has 0 fully saturated rings. The monoisotopic (exact) mass is 259 g/mol. The zero-order valence-electron chi connectivity index (χ0n) is 11.3. The highest BCUT2D eigenvalue weighted by Gasteiger charge is 2.28. The molecule has 2 aromatic rings. The third kappa shape index (κ3) is 2.65. The minimum atomic E-state index is -0.535. The normalized spacial score (nSPS) is 12.2. The van der Waals surface area contributed by atoms with E-state index in [4.69, 9.17) is 4.74 Å². The summed E-state index contributed by atoms with van der Waals surface area (Å²) in [5, 5.41) is 8.12. The number of carbonyl (C=O) groups excluding carboxylic acids is 1. The van der Waals surface area contributed by atoms with Crippen molar-refractivity contribution in [1.82, 2.24) is 14.8 Å². The molecule has 0 amide bonds. The molecule has 1 atom stereocenters. The third-order valence-electron chi connectivity index (χ3n) is 3.04. The van der Waals surface area contributed by atoms with Gasteiger partial charge in [0, 0.05) is 7.05 Å². The molecule has 1 unspecified atom stereocenters. The van der Waals surface area contributed by atoms with E-state index in [1.807, 2.05) is 48.9 Å². The van der Waals surface area contributed by atoms with Crippen molar-refractivity contribution < 1.29 is 9.53 Å². The average Bonchev–Trinajstić information content (AvgIpc) is 2.73. The summed E-state index contributed by atoms with van der Waals surface area (Å²) in [6.45, 7) is 3.99. The first-order valence-electron chi connectivity index (χ1n) is 6.22. The average molecular weight is 259 g/mol. The van der Waals surface area contributed by atoms with Crippen LogP contribution >= 0.6 is 0 Å². The summed E-state index contributed by atoms with van der Waals surface area (Å²) in [5.74, 6) is 0.527. The van der Waals surface area contributed by atoms with Crippen molar-refractivity contribution in [3.63, 3.8) is 0 Å². The maximum absolute atomic E-state index is 12.2. The first-order valence-corrected chi connectivity index (χ1v) is 6.22. The van der Waals surface area contributed by atoms with Crippen molar-refractivity contribution >= 4 is 5.97 Å². The molecule has 0 radical (unpaired) electrons. The molecule has 2 rings (SSSR count). The van der Waals surface area contributed by atoms with E-state index < -0.39 is 5.92 Å². The van der Waals surface area contributed by atoms with Gasteiger partial charge in [0.2, 0.25) is 0 Å². The molecule has 0 aliphatic carbocycles. The van der Waals surface area contributed by atoms with E-state index in [1.165, 1.54) is 0 Å². The van der Waals surface area contributed by atoms with E-state index in [1.54, 1.807) is 6.92 Å².